The second-order valence-electron chi connectivity index (χ2n) is 4.25. The number of thiazole rings is 1. The van der Waals surface area contributed by atoms with Gasteiger partial charge in [0.15, 0.2) is 0 Å². The number of carboxylic acids is 1. The molecule has 1 N–H and O–H groups in total. The summed E-state index contributed by atoms with van der Waals surface area (Å²) in [4.78, 5) is 14.7. The molecule has 3 nitrogen and oxygen atoms in total. The van der Waals surface area contributed by atoms with E-state index in [1.165, 1.54) is 20.8 Å². The van der Waals surface area contributed by atoms with E-state index in [1.807, 2.05) is 0 Å². The highest BCUT2D eigenvalue weighted by Crippen LogP contribution is 2.38. The summed E-state index contributed by atoms with van der Waals surface area (Å²) in [6, 6.07) is 0. The zero-order chi connectivity index (χ0) is 12.7. The van der Waals surface area contributed by atoms with Crippen LogP contribution in [0, 0.1) is 6.92 Å². The smallest absolute Gasteiger partial charge is 0.316 e. The number of hydrogen-bond donors (Lipinski definition) is 1. The van der Waals surface area contributed by atoms with Crippen LogP contribution >= 0.6 is 11.3 Å². The lowest BCUT2D eigenvalue weighted by molar-refractivity contribution is -0.142. The minimum Gasteiger partial charge on any atom is -0.481 e. The first-order valence-corrected chi connectivity index (χ1v) is 5.48. The highest BCUT2D eigenvalue weighted by atomic mass is 32.1. The van der Waals surface area contributed by atoms with Gasteiger partial charge in [0.1, 0.15) is 10.4 Å². The molecule has 0 atom stereocenters. The van der Waals surface area contributed by atoms with Crippen LogP contribution in [0.1, 0.15) is 36.3 Å². The first-order chi connectivity index (χ1) is 7.06. The van der Waals surface area contributed by atoms with E-state index in [2.05, 4.69) is 4.98 Å². The van der Waals surface area contributed by atoms with Crippen molar-refractivity contribution < 1.29 is 18.7 Å². The standard InChI is InChI=1S/C10H13F2NO2S/c1-5-6(10(4,11)12)16-7(13-5)9(2,3)8(14)15/h1-4H3,(H,14,15). The predicted molar refractivity (Wildman–Crippen MR) is 57.1 cm³/mol. The fourth-order valence-corrected chi connectivity index (χ4v) is 2.25. The van der Waals surface area contributed by atoms with Gasteiger partial charge in [-0.25, -0.2) is 13.8 Å². The summed E-state index contributed by atoms with van der Waals surface area (Å²) < 4.78 is 26.3. The molecule has 0 spiro atoms. The predicted octanol–water partition coefficient (Wildman–Crippen LogP) is 2.93. The zero-order valence-electron chi connectivity index (χ0n) is 9.47. The Bertz CT molecular complexity index is 421. The molecule has 0 bridgehead atoms. The summed E-state index contributed by atoms with van der Waals surface area (Å²) in [6.45, 7) is 5.14. The van der Waals surface area contributed by atoms with Gasteiger partial charge < -0.3 is 5.11 Å². The summed E-state index contributed by atoms with van der Waals surface area (Å²) in [6.07, 6.45) is 0. The Labute approximate surface area is 96.1 Å². The molecule has 0 fully saturated rings. The average Bonchev–Trinajstić information content (AvgIpc) is 2.46. The summed E-state index contributed by atoms with van der Waals surface area (Å²) in [5, 5.41) is 9.18. The molecule has 90 valence electrons. The molecule has 0 saturated carbocycles. The van der Waals surface area contributed by atoms with E-state index in [0.29, 0.717) is 0 Å². The number of carbonyl (C=O) groups is 1. The monoisotopic (exact) mass is 249 g/mol. The Morgan fingerprint density at radius 2 is 1.88 bits per heavy atom. The minimum absolute atomic E-state index is 0.170. The zero-order valence-corrected chi connectivity index (χ0v) is 10.3. The molecule has 0 saturated heterocycles. The van der Waals surface area contributed by atoms with E-state index in [-0.39, 0.29) is 15.6 Å². The van der Waals surface area contributed by atoms with Crippen LogP contribution in [0.15, 0.2) is 0 Å². The number of rotatable bonds is 3. The first kappa shape index (κ1) is 13.0. The van der Waals surface area contributed by atoms with Crippen LogP contribution in [-0.4, -0.2) is 16.1 Å². The van der Waals surface area contributed by atoms with Crippen molar-refractivity contribution in [1.82, 2.24) is 4.98 Å². The molecular weight excluding hydrogens is 236 g/mol. The second-order valence-corrected chi connectivity index (χ2v) is 5.25. The molecule has 0 unspecified atom stereocenters. The Morgan fingerprint density at radius 3 is 2.19 bits per heavy atom. The molecule has 0 radical (unpaired) electrons. The number of halogens is 2. The van der Waals surface area contributed by atoms with E-state index in [9.17, 15) is 13.6 Å². The number of aliphatic carboxylic acids is 1. The lowest BCUT2D eigenvalue weighted by Crippen LogP contribution is -2.28. The van der Waals surface area contributed by atoms with Crippen molar-refractivity contribution in [3.05, 3.63) is 15.6 Å². The topological polar surface area (TPSA) is 50.2 Å². The quantitative estimate of drug-likeness (QED) is 0.896. The molecule has 0 amide bonds. The van der Waals surface area contributed by atoms with Crippen molar-refractivity contribution in [3.8, 4) is 0 Å². The Morgan fingerprint density at radius 1 is 1.38 bits per heavy atom. The van der Waals surface area contributed by atoms with E-state index < -0.39 is 17.3 Å². The molecule has 1 aromatic heterocycles. The molecule has 16 heavy (non-hydrogen) atoms. The van der Waals surface area contributed by atoms with Gasteiger partial charge in [0.05, 0.1) is 10.6 Å². The lowest BCUT2D eigenvalue weighted by Gasteiger charge is -2.15. The number of carboxylic acid groups (broad SMARTS) is 1. The summed E-state index contributed by atoms with van der Waals surface area (Å²) in [5.41, 5.74) is -1.04. The molecule has 0 aliphatic carbocycles. The van der Waals surface area contributed by atoms with Crippen molar-refractivity contribution in [2.45, 2.75) is 39.0 Å². The van der Waals surface area contributed by atoms with Crippen LogP contribution in [0.5, 0.6) is 0 Å². The van der Waals surface area contributed by atoms with E-state index >= 15 is 0 Å². The molecule has 1 aromatic rings. The number of alkyl halides is 2. The summed E-state index contributed by atoms with van der Waals surface area (Å²) in [7, 11) is 0. The van der Waals surface area contributed by atoms with Crippen LogP contribution < -0.4 is 0 Å². The number of aromatic nitrogens is 1. The van der Waals surface area contributed by atoms with Gasteiger partial charge in [0, 0.05) is 6.92 Å². The number of aryl methyl sites for hydroxylation is 1. The fraction of sp³-hybridized carbons (Fsp3) is 0.600. The van der Waals surface area contributed by atoms with Crippen molar-refractivity contribution in [3.63, 3.8) is 0 Å². The van der Waals surface area contributed by atoms with Gasteiger partial charge in [0.25, 0.3) is 5.92 Å². The van der Waals surface area contributed by atoms with Gasteiger partial charge >= 0.3 is 5.97 Å². The van der Waals surface area contributed by atoms with Gasteiger partial charge in [-0.1, -0.05) is 0 Å². The molecule has 0 aliphatic heterocycles. The number of hydrogen-bond acceptors (Lipinski definition) is 3. The van der Waals surface area contributed by atoms with Crippen LogP contribution in [0.4, 0.5) is 8.78 Å². The molecule has 1 heterocycles. The van der Waals surface area contributed by atoms with Crippen LogP contribution in [0.2, 0.25) is 0 Å². The largest absolute Gasteiger partial charge is 0.481 e. The normalized spacial score (nSPS) is 12.9. The molecule has 6 heteroatoms. The maximum atomic E-state index is 13.1. The Balaban J connectivity index is 3.26. The van der Waals surface area contributed by atoms with Gasteiger partial charge in [0.2, 0.25) is 0 Å². The van der Waals surface area contributed by atoms with Crippen molar-refractivity contribution in [2.75, 3.05) is 0 Å². The molecule has 0 aromatic carbocycles. The van der Waals surface area contributed by atoms with Gasteiger partial charge in [-0.05, 0) is 20.8 Å². The van der Waals surface area contributed by atoms with Gasteiger partial charge in [-0.3, -0.25) is 4.79 Å². The van der Waals surface area contributed by atoms with Crippen molar-refractivity contribution >= 4 is 17.3 Å². The summed E-state index contributed by atoms with van der Waals surface area (Å²) >= 11 is 0.760. The SMILES string of the molecule is Cc1nc(C(C)(C)C(=O)O)sc1C(C)(F)F. The Hall–Kier alpha value is -1.04. The molecule has 1 rings (SSSR count). The lowest BCUT2D eigenvalue weighted by atomic mass is 9.95. The van der Waals surface area contributed by atoms with Crippen molar-refractivity contribution in [2.24, 2.45) is 0 Å². The van der Waals surface area contributed by atoms with Crippen molar-refractivity contribution in [1.29, 1.82) is 0 Å². The third-order valence-electron chi connectivity index (χ3n) is 2.26. The third-order valence-corrected chi connectivity index (χ3v) is 3.92. The first-order valence-electron chi connectivity index (χ1n) is 4.66. The molecule has 0 aliphatic rings. The Kier molecular flexibility index (Phi) is 3.06. The number of nitrogens with zero attached hydrogens (tertiary/aromatic N) is 1. The summed E-state index contributed by atoms with van der Waals surface area (Å²) in [5.74, 6) is -4.05. The third kappa shape index (κ3) is 2.21. The fourth-order valence-electron chi connectivity index (χ4n) is 1.16. The van der Waals surface area contributed by atoms with Crippen LogP contribution in [0.3, 0.4) is 0 Å². The minimum atomic E-state index is -2.98. The van der Waals surface area contributed by atoms with Gasteiger partial charge in [-0.2, -0.15) is 0 Å². The van der Waals surface area contributed by atoms with Crippen LogP contribution in [0.25, 0.3) is 0 Å². The van der Waals surface area contributed by atoms with E-state index in [4.69, 9.17) is 5.11 Å². The average molecular weight is 249 g/mol. The maximum Gasteiger partial charge on any atom is 0.316 e. The van der Waals surface area contributed by atoms with Crippen LogP contribution in [-0.2, 0) is 16.1 Å². The molecular formula is C10H13F2NO2S. The highest BCUT2D eigenvalue weighted by Gasteiger charge is 2.37. The highest BCUT2D eigenvalue weighted by molar-refractivity contribution is 7.12. The maximum absolute atomic E-state index is 13.1. The second kappa shape index (κ2) is 3.76. The van der Waals surface area contributed by atoms with E-state index in [0.717, 1.165) is 18.3 Å². The van der Waals surface area contributed by atoms with E-state index in [1.54, 1.807) is 0 Å². The van der Waals surface area contributed by atoms with Gasteiger partial charge in [-0.15, -0.1) is 11.3 Å².